The second-order valence-corrected chi connectivity index (χ2v) is 5.95. The normalized spacial score (nSPS) is 12.3. The van der Waals surface area contributed by atoms with Gasteiger partial charge in [0.1, 0.15) is 11.6 Å². The average Bonchev–Trinajstić information content (AvgIpc) is 2.39. The Morgan fingerprint density at radius 2 is 1.32 bits per heavy atom. The number of hydrogen-bond donors (Lipinski definition) is 1. The molecule has 0 N–H and O–H groups in total. The first-order valence-corrected chi connectivity index (χ1v) is 8.23. The monoisotopic (exact) mass is 398 g/mol. The SMILES string of the molecule is CCOC(=O)CC(Br)C(C)=O.CCOC(=O)CC(S)C(C)=O. The molecule has 0 fully saturated rings. The Bertz CT molecular complexity index is 350. The van der Waals surface area contributed by atoms with Crippen LogP contribution in [0.2, 0.25) is 0 Å². The molecule has 22 heavy (non-hydrogen) atoms. The molecule has 6 nitrogen and oxygen atoms in total. The summed E-state index contributed by atoms with van der Waals surface area (Å²) in [7, 11) is 0. The third-order valence-electron chi connectivity index (χ3n) is 2.23. The third kappa shape index (κ3) is 14.1. The van der Waals surface area contributed by atoms with Crippen LogP contribution in [0.15, 0.2) is 0 Å². The molecule has 128 valence electrons. The van der Waals surface area contributed by atoms with Gasteiger partial charge in [0, 0.05) is 0 Å². The first-order chi connectivity index (χ1) is 10.1. The number of hydrogen-bond acceptors (Lipinski definition) is 7. The van der Waals surface area contributed by atoms with Gasteiger partial charge in [0.15, 0.2) is 0 Å². The Labute approximate surface area is 144 Å². The van der Waals surface area contributed by atoms with Gasteiger partial charge in [0.2, 0.25) is 0 Å². The maximum absolute atomic E-state index is 10.8. The maximum atomic E-state index is 10.8. The van der Waals surface area contributed by atoms with Gasteiger partial charge in [-0.3, -0.25) is 19.2 Å². The van der Waals surface area contributed by atoms with Crippen molar-refractivity contribution in [2.24, 2.45) is 0 Å². The summed E-state index contributed by atoms with van der Waals surface area (Å²) in [5, 5.41) is -0.519. The molecule has 0 aromatic rings. The fraction of sp³-hybridized carbons (Fsp3) is 0.714. The van der Waals surface area contributed by atoms with Crippen LogP contribution < -0.4 is 0 Å². The first kappa shape index (κ1) is 23.4. The van der Waals surface area contributed by atoms with Crippen LogP contribution in [0.4, 0.5) is 0 Å². The van der Waals surface area contributed by atoms with Gasteiger partial charge in [-0.1, -0.05) is 15.9 Å². The molecule has 0 radical (unpaired) electrons. The van der Waals surface area contributed by atoms with E-state index in [4.69, 9.17) is 0 Å². The zero-order valence-corrected chi connectivity index (χ0v) is 15.7. The second kappa shape index (κ2) is 13.8. The third-order valence-corrected chi connectivity index (χ3v) is 3.74. The van der Waals surface area contributed by atoms with Crippen LogP contribution in [0.3, 0.4) is 0 Å². The van der Waals surface area contributed by atoms with Crippen molar-refractivity contribution in [1.29, 1.82) is 0 Å². The van der Waals surface area contributed by atoms with Gasteiger partial charge in [0.25, 0.3) is 0 Å². The number of Topliss-reactive ketones (excluding diaryl/α,β-unsaturated/α-hetero) is 2. The molecule has 0 bridgehead atoms. The van der Waals surface area contributed by atoms with Gasteiger partial charge in [-0.15, -0.1) is 0 Å². The zero-order valence-electron chi connectivity index (χ0n) is 13.3. The van der Waals surface area contributed by atoms with Gasteiger partial charge >= 0.3 is 11.9 Å². The molecular weight excluding hydrogens is 376 g/mol. The molecule has 0 aliphatic heterocycles. The predicted molar refractivity (Wildman–Crippen MR) is 89.4 cm³/mol. The van der Waals surface area contributed by atoms with Gasteiger partial charge in [-0.2, -0.15) is 12.6 Å². The van der Waals surface area contributed by atoms with E-state index in [-0.39, 0.29) is 36.3 Å². The molecule has 0 heterocycles. The van der Waals surface area contributed by atoms with Gasteiger partial charge in [-0.05, 0) is 27.7 Å². The first-order valence-electron chi connectivity index (χ1n) is 6.79. The quantitative estimate of drug-likeness (QED) is 0.382. The van der Waals surface area contributed by atoms with Crippen LogP contribution in [0.5, 0.6) is 0 Å². The minimum absolute atomic E-state index is 0.0574. The lowest BCUT2D eigenvalue weighted by Gasteiger charge is -2.04. The number of carbonyl (C=O) groups excluding carboxylic acids is 4. The van der Waals surface area contributed by atoms with E-state index in [2.05, 4.69) is 38.0 Å². The van der Waals surface area contributed by atoms with E-state index in [1.165, 1.54) is 13.8 Å². The molecule has 0 spiro atoms. The molecule has 2 atom stereocenters. The number of halogens is 1. The minimum atomic E-state index is -0.519. The molecule has 8 heteroatoms. The summed E-state index contributed by atoms with van der Waals surface area (Å²) in [6.45, 7) is 6.98. The average molecular weight is 399 g/mol. The standard InChI is InChI=1S/C7H11BrO3.C7H12O3S/c1-3-11-7(10)4-6(8)5(2)9;1-3-10-7(9)4-6(11)5(2)8/h6H,3-4H2,1-2H3;6,11H,3-4H2,1-2H3. The van der Waals surface area contributed by atoms with Crippen molar-refractivity contribution >= 4 is 52.1 Å². The second-order valence-electron chi connectivity index (χ2n) is 4.22. The Balaban J connectivity index is 0. The molecule has 2 unspecified atom stereocenters. The van der Waals surface area contributed by atoms with Crippen molar-refractivity contribution in [3.63, 3.8) is 0 Å². The van der Waals surface area contributed by atoms with E-state index < -0.39 is 10.1 Å². The predicted octanol–water partition coefficient (Wildman–Crippen LogP) is 2.12. The highest BCUT2D eigenvalue weighted by molar-refractivity contribution is 9.10. The highest BCUT2D eigenvalue weighted by atomic mass is 79.9. The molecule has 0 aromatic carbocycles. The summed E-state index contributed by atoms with van der Waals surface area (Å²) in [6.07, 6.45) is 0.176. The summed E-state index contributed by atoms with van der Waals surface area (Å²) in [4.78, 5) is 42.3. The fourth-order valence-electron chi connectivity index (χ4n) is 1.03. The minimum Gasteiger partial charge on any atom is -0.466 e. The van der Waals surface area contributed by atoms with Crippen molar-refractivity contribution in [1.82, 2.24) is 0 Å². The highest BCUT2D eigenvalue weighted by Crippen LogP contribution is 2.07. The van der Waals surface area contributed by atoms with Gasteiger partial charge in [0.05, 0.1) is 36.1 Å². The molecule has 0 rings (SSSR count). The molecule has 0 aliphatic rings. The van der Waals surface area contributed by atoms with Crippen LogP contribution in [0.25, 0.3) is 0 Å². The van der Waals surface area contributed by atoms with E-state index in [0.29, 0.717) is 13.2 Å². The fourth-order valence-corrected chi connectivity index (χ4v) is 1.44. The van der Waals surface area contributed by atoms with Crippen LogP contribution in [0.1, 0.15) is 40.5 Å². The zero-order chi connectivity index (χ0) is 17.7. The van der Waals surface area contributed by atoms with Crippen LogP contribution in [-0.4, -0.2) is 46.8 Å². The van der Waals surface area contributed by atoms with E-state index in [0.717, 1.165) is 0 Å². The summed E-state index contributed by atoms with van der Waals surface area (Å²) in [5.41, 5.74) is 0. The van der Waals surface area contributed by atoms with Crippen LogP contribution in [-0.2, 0) is 28.7 Å². The van der Waals surface area contributed by atoms with Crippen molar-refractivity contribution in [3.05, 3.63) is 0 Å². The number of ketones is 2. The van der Waals surface area contributed by atoms with E-state index in [1.807, 2.05) is 0 Å². The van der Waals surface area contributed by atoms with Crippen molar-refractivity contribution < 1.29 is 28.7 Å². The number of carbonyl (C=O) groups is 4. The lowest BCUT2D eigenvalue weighted by atomic mass is 10.2. The number of rotatable bonds is 8. The lowest BCUT2D eigenvalue weighted by Crippen LogP contribution is -2.17. The molecule has 0 amide bonds. The topological polar surface area (TPSA) is 86.7 Å². The van der Waals surface area contributed by atoms with Crippen molar-refractivity contribution in [2.75, 3.05) is 13.2 Å². The van der Waals surface area contributed by atoms with E-state index in [1.54, 1.807) is 13.8 Å². The summed E-state index contributed by atoms with van der Waals surface area (Å²) in [5.74, 6) is -0.883. The van der Waals surface area contributed by atoms with Crippen LogP contribution in [0, 0.1) is 0 Å². The van der Waals surface area contributed by atoms with Gasteiger partial charge in [-0.25, -0.2) is 0 Å². The van der Waals surface area contributed by atoms with Crippen LogP contribution >= 0.6 is 28.6 Å². The van der Waals surface area contributed by atoms with E-state index in [9.17, 15) is 19.2 Å². The molecular formula is C14H23BrO6S. The Morgan fingerprint density at radius 1 is 0.909 bits per heavy atom. The smallest absolute Gasteiger partial charge is 0.307 e. The summed E-state index contributed by atoms with van der Waals surface area (Å²) in [6, 6.07) is 0. The van der Waals surface area contributed by atoms with Crippen molar-refractivity contribution in [3.8, 4) is 0 Å². The van der Waals surface area contributed by atoms with Gasteiger partial charge < -0.3 is 9.47 Å². The Hall–Kier alpha value is -0.890. The Kier molecular flexibility index (Phi) is 14.6. The molecule has 0 aromatic heterocycles. The largest absolute Gasteiger partial charge is 0.466 e. The molecule has 0 saturated carbocycles. The number of thiol groups is 1. The Morgan fingerprint density at radius 3 is 1.64 bits per heavy atom. The molecule has 0 saturated heterocycles. The number of alkyl halides is 1. The van der Waals surface area contributed by atoms with Crippen molar-refractivity contribution in [2.45, 2.75) is 50.6 Å². The molecule has 0 aliphatic carbocycles. The number of esters is 2. The lowest BCUT2D eigenvalue weighted by molar-refractivity contribution is -0.144. The number of ether oxygens (including phenoxy) is 2. The highest BCUT2D eigenvalue weighted by Gasteiger charge is 2.15. The summed E-state index contributed by atoms with van der Waals surface area (Å²) < 4.78 is 9.26. The maximum Gasteiger partial charge on any atom is 0.307 e. The van der Waals surface area contributed by atoms with E-state index >= 15 is 0 Å². The summed E-state index contributed by atoms with van der Waals surface area (Å²) >= 11 is 6.97.